The lowest BCUT2D eigenvalue weighted by Crippen LogP contribution is -2.29. The summed E-state index contributed by atoms with van der Waals surface area (Å²) in [6.07, 6.45) is 5.63. The van der Waals surface area contributed by atoms with Crippen LogP contribution < -0.4 is 10.6 Å². The summed E-state index contributed by atoms with van der Waals surface area (Å²) in [4.78, 5) is 13.8. The minimum absolute atomic E-state index is 0.344. The van der Waals surface area contributed by atoms with Crippen LogP contribution >= 0.6 is 0 Å². The number of rotatable bonds is 4. The number of nitrogen functional groups attached to an aromatic ring is 1. The van der Waals surface area contributed by atoms with E-state index in [-0.39, 0.29) is 5.97 Å². The van der Waals surface area contributed by atoms with Crippen LogP contribution in [-0.2, 0) is 4.74 Å². The average Bonchev–Trinajstić information content (AvgIpc) is 3.08. The van der Waals surface area contributed by atoms with Gasteiger partial charge in [0.15, 0.2) is 0 Å². The van der Waals surface area contributed by atoms with Crippen molar-refractivity contribution < 1.29 is 9.53 Å². The van der Waals surface area contributed by atoms with E-state index < -0.39 is 0 Å². The average molecular weight is 288 g/mol. The molecule has 1 aromatic rings. The maximum atomic E-state index is 11.5. The number of carbonyl (C=O) groups is 1. The van der Waals surface area contributed by atoms with Crippen LogP contribution in [0.3, 0.4) is 0 Å². The Bertz CT molecular complexity index is 544. The molecule has 3 unspecified atom stereocenters. The highest BCUT2D eigenvalue weighted by atomic mass is 16.5. The zero-order valence-corrected chi connectivity index (χ0v) is 12.8. The van der Waals surface area contributed by atoms with Gasteiger partial charge in [-0.05, 0) is 55.2 Å². The number of fused-ring (bicyclic) bond motifs is 2. The second-order valence-corrected chi connectivity index (χ2v) is 6.58. The molecule has 0 radical (unpaired) electrons. The third kappa shape index (κ3) is 2.71. The Hall–Kier alpha value is -1.71. The maximum Gasteiger partial charge on any atom is 0.337 e. The Morgan fingerprint density at radius 3 is 2.76 bits per heavy atom. The fourth-order valence-corrected chi connectivity index (χ4v) is 4.20. The van der Waals surface area contributed by atoms with Gasteiger partial charge in [-0.2, -0.15) is 0 Å². The number of anilines is 2. The molecule has 0 saturated heterocycles. The van der Waals surface area contributed by atoms with Crippen LogP contribution in [0, 0.1) is 17.8 Å². The van der Waals surface area contributed by atoms with Gasteiger partial charge in [0.2, 0.25) is 0 Å². The Kier molecular flexibility index (Phi) is 3.79. The lowest BCUT2D eigenvalue weighted by Gasteiger charge is -2.29. The lowest BCUT2D eigenvalue weighted by atomic mass is 9.88. The molecule has 3 rings (SSSR count). The molecular weight excluding hydrogens is 264 g/mol. The van der Waals surface area contributed by atoms with E-state index in [9.17, 15) is 4.79 Å². The monoisotopic (exact) mass is 288 g/mol. The van der Waals surface area contributed by atoms with E-state index in [0.717, 1.165) is 30.0 Å². The first kappa shape index (κ1) is 14.2. The zero-order chi connectivity index (χ0) is 15.0. The summed E-state index contributed by atoms with van der Waals surface area (Å²) in [7, 11) is 3.48. The van der Waals surface area contributed by atoms with Gasteiger partial charge in [0.1, 0.15) is 0 Å². The number of methoxy groups -OCH3 is 1. The fourth-order valence-electron chi connectivity index (χ4n) is 4.20. The lowest BCUT2D eigenvalue weighted by molar-refractivity contribution is 0.0601. The summed E-state index contributed by atoms with van der Waals surface area (Å²) in [5.74, 6) is 2.33. The first-order valence-electron chi connectivity index (χ1n) is 7.77. The Balaban J connectivity index is 1.69. The molecule has 2 N–H and O–H groups in total. The first-order valence-corrected chi connectivity index (χ1v) is 7.77. The number of ether oxygens (including phenoxy) is 1. The van der Waals surface area contributed by atoms with E-state index in [1.165, 1.54) is 32.8 Å². The number of carbonyl (C=O) groups excluding carboxylic acids is 1. The van der Waals surface area contributed by atoms with Gasteiger partial charge in [-0.15, -0.1) is 0 Å². The van der Waals surface area contributed by atoms with E-state index in [2.05, 4.69) is 11.9 Å². The molecule has 21 heavy (non-hydrogen) atoms. The third-order valence-corrected chi connectivity index (χ3v) is 5.25. The largest absolute Gasteiger partial charge is 0.465 e. The van der Waals surface area contributed by atoms with Gasteiger partial charge in [-0.25, -0.2) is 4.79 Å². The van der Waals surface area contributed by atoms with Crippen LogP contribution in [0.15, 0.2) is 18.2 Å². The van der Waals surface area contributed by atoms with E-state index in [1.54, 1.807) is 12.1 Å². The van der Waals surface area contributed by atoms with Crippen LogP contribution in [0.1, 0.15) is 36.0 Å². The molecular formula is C17H24N2O2. The summed E-state index contributed by atoms with van der Waals surface area (Å²) in [5, 5.41) is 0. The molecule has 2 aliphatic rings. The van der Waals surface area contributed by atoms with Crippen molar-refractivity contribution in [3.63, 3.8) is 0 Å². The fraction of sp³-hybridized carbons (Fsp3) is 0.588. The van der Waals surface area contributed by atoms with Crippen molar-refractivity contribution in [2.75, 3.05) is 31.3 Å². The summed E-state index contributed by atoms with van der Waals surface area (Å²) < 4.78 is 4.72. The topological polar surface area (TPSA) is 55.6 Å². The van der Waals surface area contributed by atoms with Gasteiger partial charge in [0.05, 0.1) is 24.0 Å². The molecule has 0 aromatic heterocycles. The molecule has 114 valence electrons. The number of hydrogen-bond acceptors (Lipinski definition) is 4. The van der Waals surface area contributed by atoms with Gasteiger partial charge in [0.25, 0.3) is 0 Å². The molecule has 0 heterocycles. The van der Waals surface area contributed by atoms with Crippen molar-refractivity contribution in [2.24, 2.45) is 17.8 Å². The summed E-state index contributed by atoms with van der Waals surface area (Å²) >= 11 is 0. The predicted octanol–water partition coefficient (Wildman–Crippen LogP) is 2.93. The maximum absolute atomic E-state index is 11.5. The number of nitrogens with two attached hydrogens (primary N) is 1. The Morgan fingerprint density at radius 1 is 1.38 bits per heavy atom. The van der Waals surface area contributed by atoms with E-state index in [4.69, 9.17) is 10.5 Å². The van der Waals surface area contributed by atoms with Gasteiger partial charge < -0.3 is 15.4 Å². The summed E-state index contributed by atoms with van der Waals surface area (Å²) in [6, 6.07) is 5.42. The first-order chi connectivity index (χ1) is 10.1. The van der Waals surface area contributed by atoms with Crippen LogP contribution in [0.4, 0.5) is 11.4 Å². The van der Waals surface area contributed by atoms with E-state index >= 15 is 0 Å². The van der Waals surface area contributed by atoms with Crippen molar-refractivity contribution in [3.05, 3.63) is 23.8 Å². The Labute approximate surface area is 126 Å². The number of benzene rings is 1. The quantitative estimate of drug-likeness (QED) is 0.683. The Morgan fingerprint density at radius 2 is 2.19 bits per heavy atom. The molecule has 4 heteroatoms. The van der Waals surface area contributed by atoms with Gasteiger partial charge in [0, 0.05) is 13.6 Å². The second-order valence-electron chi connectivity index (χ2n) is 6.58. The van der Waals surface area contributed by atoms with Crippen LogP contribution in [0.5, 0.6) is 0 Å². The predicted molar refractivity (Wildman–Crippen MR) is 84.4 cm³/mol. The smallest absolute Gasteiger partial charge is 0.337 e. The molecule has 2 bridgehead atoms. The zero-order valence-electron chi connectivity index (χ0n) is 12.8. The highest BCUT2D eigenvalue weighted by Crippen LogP contribution is 2.48. The van der Waals surface area contributed by atoms with Crippen LogP contribution in [-0.4, -0.2) is 26.7 Å². The van der Waals surface area contributed by atoms with Crippen molar-refractivity contribution in [1.29, 1.82) is 0 Å². The molecule has 3 atom stereocenters. The molecule has 2 fully saturated rings. The molecule has 2 aliphatic carbocycles. The van der Waals surface area contributed by atoms with Crippen molar-refractivity contribution in [2.45, 2.75) is 25.7 Å². The van der Waals surface area contributed by atoms with Crippen LogP contribution in [0.2, 0.25) is 0 Å². The molecule has 0 spiro atoms. The molecule has 0 amide bonds. The molecule has 1 aromatic carbocycles. The van der Waals surface area contributed by atoms with E-state index in [1.807, 2.05) is 6.07 Å². The SMILES string of the molecule is COC(=O)c1ccc(N(C)CC2CC3CCC2C3)c(N)c1. The van der Waals surface area contributed by atoms with Crippen molar-refractivity contribution in [3.8, 4) is 0 Å². The number of nitrogens with zero attached hydrogens (tertiary/aromatic N) is 1. The highest BCUT2D eigenvalue weighted by Gasteiger charge is 2.39. The number of esters is 1. The van der Waals surface area contributed by atoms with Crippen molar-refractivity contribution in [1.82, 2.24) is 0 Å². The standard InChI is InChI=1S/C17H24N2O2/c1-19(10-14-8-11-3-4-12(14)7-11)16-6-5-13(9-15(16)18)17(20)21-2/h5-6,9,11-12,14H,3-4,7-8,10,18H2,1-2H3. The van der Waals surface area contributed by atoms with E-state index in [0.29, 0.717) is 11.3 Å². The minimum Gasteiger partial charge on any atom is -0.465 e. The second kappa shape index (κ2) is 5.58. The summed E-state index contributed by atoms with van der Waals surface area (Å²) in [6.45, 7) is 1.06. The third-order valence-electron chi connectivity index (χ3n) is 5.25. The summed E-state index contributed by atoms with van der Waals surface area (Å²) in [5.41, 5.74) is 8.27. The molecule has 0 aliphatic heterocycles. The van der Waals surface area contributed by atoms with Crippen molar-refractivity contribution >= 4 is 17.3 Å². The molecule has 4 nitrogen and oxygen atoms in total. The normalized spacial score (nSPS) is 26.9. The molecule has 2 saturated carbocycles. The highest BCUT2D eigenvalue weighted by molar-refractivity contribution is 5.91. The van der Waals surface area contributed by atoms with Gasteiger partial charge in [-0.3, -0.25) is 0 Å². The number of hydrogen-bond donors (Lipinski definition) is 1. The van der Waals surface area contributed by atoms with Crippen LogP contribution in [0.25, 0.3) is 0 Å². The van der Waals surface area contributed by atoms with Gasteiger partial charge in [-0.1, -0.05) is 6.42 Å². The minimum atomic E-state index is -0.344. The van der Waals surface area contributed by atoms with Gasteiger partial charge >= 0.3 is 5.97 Å².